The summed E-state index contributed by atoms with van der Waals surface area (Å²) >= 11 is 5.35. The standard InChI is InChI=1S/C22H26F3N5S/c23-22(24,25)18-13-19(30-12-11-15-7-5-6-8-16(15)14-30)28-20(27-18)29-21(31)26-17-9-3-1-2-4-10-17/h5-8,13,17H,1-4,9-12,14H2,(H2,26,27,28,29,31). The van der Waals surface area contributed by atoms with E-state index >= 15 is 0 Å². The molecule has 1 aromatic heterocycles. The molecule has 0 unspecified atom stereocenters. The van der Waals surface area contributed by atoms with Gasteiger partial charge in [-0.2, -0.15) is 18.2 Å². The van der Waals surface area contributed by atoms with Crippen molar-refractivity contribution in [2.75, 3.05) is 16.8 Å². The second-order valence-electron chi connectivity index (χ2n) is 8.16. The fourth-order valence-electron chi connectivity index (χ4n) is 4.24. The average Bonchev–Trinajstić information content (AvgIpc) is 3.01. The molecular weight excluding hydrogens is 423 g/mol. The Labute approximate surface area is 185 Å². The molecule has 1 aromatic carbocycles. The summed E-state index contributed by atoms with van der Waals surface area (Å²) in [6, 6.07) is 9.21. The second kappa shape index (κ2) is 9.38. The minimum atomic E-state index is -4.57. The molecule has 2 N–H and O–H groups in total. The van der Waals surface area contributed by atoms with Crippen LogP contribution in [0.4, 0.5) is 24.9 Å². The van der Waals surface area contributed by atoms with E-state index in [1.165, 1.54) is 18.4 Å². The first-order valence-electron chi connectivity index (χ1n) is 10.7. The van der Waals surface area contributed by atoms with Crippen LogP contribution in [0.5, 0.6) is 0 Å². The van der Waals surface area contributed by atoms with Crippen LogP contribution in [0.2, 0.25) is 0 Å². The molecule has 5 nitrogen and oxygen atoms in total. The molecule has 2 aromatic rings. The first-order chi connectivity index (χ1) is 14.9. The van der Waals surface area contributed by atoms with Crippen LogP contribution in [0.25, 0.3) is 0 Å². The normalized spacial score (nSPS) is 17.6. The van der Waals surface area contributed by atoms with Crippen molar-refractivity contribution in [3.63, 3.8) is 0 Å². The summed E-state index contributed by atoms with van der Waals surface area (Å²) in [5, 5.41) is 6.28. The van der Waals surface area contributed by atoms with Crippen LogP contribution < -0.4 is 15.5 Å². The molecule has 4 rings (SSSR count). The highest BCUT2D eigenvalue weighted by Gasteiger charge is 2.34. The zero-order valence-corrected chi connectivity index (χ0v) is 18.0. The van der Waals surface area contributed by atoms with Gasteiger partial charge in [0.1, 0.15) is 5.82 Å². The van der Waals surface area contributed by atoms with Gasteiger partial charge in [-0.05, 0) is 42.6 Å². The van der Waals surface area contributed by atoms with Gasteiger partial charge < -0.3 is 15.5 Å². The van der Waals surface area contributed by atoms with Crippen LogP contribution in [-0.4, -0.2) is 27.7 Å². The lowest BCUT2D eigenvalue weighted by molar-refractivity contribution is -0.141. The topological polar surface area (TPSA) is 53.1 Å². The monoisotopic (exact) mass is 449 g/mol. The van der Waals surface area contributed by atoms with E-state index in [9.17, 15) is 13.2 Å². The highest BCUT2D eigenvalue weighted by molar-refractivity contribution is 7.80. The fourth-order valence-corrected chi connectivity index (χ4v) is 4.49. The Morgan fingerprint density at radius 2 is 1.74 bits per heavy atom. The van der Waals surface area contributed by atoms with Crippen LogP contribution >= 0.6 is 12.2 Å². The van der Waals surface area contributed by atoms with Crippen molar-refractivity contribution < 1.29 is 13.2 Å². The van der Waals surface area contributed by atoms with E-state index in [0.29, 0.717) is 13.1 Å². The Morgan fingerprint density at radius 3 is 2.45 bits per heavy atom. The fraction of sp³-hybridized carbons (Fsp3) is 0.500. The maximum absolute atomic E-state index is 13.5. The summed E-state index contributed by atoms with van der Waals surface area (Å²) in [5.41, 5.74) is 1.34. The van der Waals surface area contributed by atoms with E-state index in [-0.39, 0.29) is 22.9 Å². The highest BCUT2D eigenvalue weighted by Crippen LogP contribution is 2.32. The van der Waals surface area contributed by atoms with E-state index in [1.54, 1.807) is 0 Å². The van der Waals surface area contributed by atoms with Gasteiger partial charge in [0, 0.05) is 25.2 Å². The molecule has 2 heterocycles. The molecule has 9 heteroatoms. The van der Waals surface area contributed by atoms with Crippen molar-refractivity contribution in [1.82, 2.24) is 15.3 Å². The summed E-state index contributed by atoms with van der Waals surface area (Å²) in [6.45, 7) is 1.10. The molecule has 31 heavy (non-hydrogen) atoms. The van der Waals surface area contributed by atoms with Crippen molar-refractivity contribution in [3.8, 4) is 0 Å². The number of thiocarbonyl (C=S) groups is 1. The molecule has 0 spiro atoms. The van der Waals surface area contributed by atoms with Crippen LogP contribution in [0, 0.1) is 0 Å². The molecule has 1 aliphatic heterocycles. The predicted octanol–water partition coefficient (Wildman–Crippen LogP) is 5.07. The first kappa shape index (κ1) is 21.8. The third-order valence-electron chi connectivity index (χ3n) is 5.87. The highest BCUT2D eigenvalue weighted by atomic mass is 32.1. The van der Waals surface area contributed by atoms with E-state index in [1.807, 2.05) is 23.1 Å². The van der Waals surface area contributed by atoms with Crippen LogP contribution in [0.1, 0.15) is 55.3 Å². The molecule has 0 bridgehead atoms. The number of nitrogens with one attached hydrogen (secondary N) is 2. The van der Waals surface area contributed by atoms with Gasteiger partial charge in [0.05, 0.1) is 0 Å². The van der Waals surface area contributed by atoms with Gasteiger partial charge >= 0.3 is 6.18 Å². The van der Waals surface area contributed by atoms with Gasteiger partial charge in [-0.1, -0.05) is 49.9 Å². The molecule has 0 radical (unpaired) electrons. The Hall–Kier alpha value is -2.42. The largest absolute Gasteiger partial charge is 0.433 e. The summed E-state index contributed by atoms with van der Waals surface area (Å²) < 4.78 is 40.6. The summed E-state index contributed by atoms with van der Waals surface area (Å²) in [5.74, 6) is 0.117. The zero-order valence-electron chi connectivity index (χ0n) is 17.2. The Balaban J connectivity index is 1.53. The summed E-state index contributed by atoms with van der Waals surface area (Å²) in [4.78, 5) is 9.92. The predicted molar refractivity (Wildman–Crippen MR) is 119 cm³/mol. The molecule has 2 aliphatic rings. The third-order valence-corrected chi connectivity index (χ3v) is 6.09. The molecule has 1 fully saturated rings. The molecule has 1 aliphatic carbocycles. The summed E-state index contributed by atoms with van der Waals surface area (Å²) in [7, 11) is 0. The molecule has 1 saturated carbocycles. The van der Waals surface area contributed by atoms with Crippen molar-refractivity contribution >= 4 is 29.1 Å². The maximum atomic E-state index is 13.5. The van der Waals surface area contributed by atoms with Crippen molar-refractivity contribution in [1.29, 1.82) is 0 Å². The van der Waals surface area contributed by atoms with Gasteiger partial charge in [-0.3, -0.25) is 0 Å². The van der Waals surface area contributed by atoms with Crippen molar-refractivity contribution in [2.45, 2.75) is 63.7 Å². The number of benzene rings is 1. The van der Waals surface area contributed by atoms with E-state index in [2.05, 4.69) is 26.7 Å². The minimum Gasteiger partial charge on any atom is -0.360 e. The minimum absolute atomic E-state index is 0.130. The number of hydrogen-bond acceptors (Lipinski definition) is 4. The van der Waals surface area contributed by atoms with Gasteiger partial charge in [0.2, 0.25) is 5.95 Å². The van der Waals surface area contributed by atoms with Gasteiger partial charge in [-0.25, -0.2) is 4.98 Å². The molecule has 0 atom stereocenters. The quantitative estimate of drug-likeness (QED) is 0.504. The number of rotatable bonds is 3. The lowest BCUT2D eigenvalue weighted by atomic mass is 10.00. The van der Waals surface area contributed by atoms with Crippen LogP contribution in [0.15, 0.2) is 30.3 Å². The zero-order chi connectivity index (χ0) is 21.8. The van der Waals surface area contributed by atoms with Crippen LogP contribution in [-0.2, 0) is 19.1 Å². The van der Waals surface area contributed by atoms with Crippen LogP contribution in [0.3, 0.4) is 0 Å². The number of anilines is 2. The maximum Gasteiger partial charge on any atom is 0.433 e. The van der Waals surface area contributed by atoms with E-state index in [4.69, 9.17) is 12.2 Å². The number of fused-ring (bicyclic) bond motifs is 1. The average molecular weight is 450 g/mol. The molecule has 0 amide bonds. The SMILES string of the molecule is FC(F)(F)c1cc(N2CCc3ccccc3C2)nc(NC(=S)NC2CCCCCC2)n1. The summed E-state index contributed by atoms with van der Waals surface area (Å²) in [6.07, 6.45) is 2.86. The van der Waals surface area contributed by atoms with Gasteiger partial charge in [0.15, 0.2) is 10.8 Å². The Morgan fingerprint density at radius 1 is 1.03 bits per heavy atom. The molecule has 0 saturated heterocycles. The number of hydrogen-bond donors (Lipinski definition) is 2. The third kappa shape index (κ3) is 5.64. The molecular formula is C22H26F3N5S. The first-order valence-corrected chi connectivity index (χ1v) is 11.1. The lowest BCUT2D eigenvalue weighted by Crippen LogP contribution is -2.38. The smallest absolute Gasteiger partial charge is 0.360 e. The number of aromatic nitrogens is 2. The number of nitrogens with zero attached hydrogens (tertiary/aromatic N) is 3. The Kier molecular flexibility index (Phi) is 6.60. The molecule has 166 valence electrons. The lowest BCUT2D eigenvalue weighted by Gasteiger charge is -2.30. The van der Waals surface area contributed by atoms with E-state index < -0.39 is 11.9 Å². The van der Waals surface area contributed by atoms with Crippen molar-refractivity contribution in [3.05, 3.63) is 47.2 Å². The second-order valence-corrected chi connectivity index (χ2v) is 8.57. The number of halogens is 3. The Bertz CT molecular complexity index is 926. The number of alkyl halides is 3. The van der Waals surface area contributed by atoms with Crippen molar-refractivity contribution in [2.24, 2.45) is 0 Å². The van der Waals surface area contributed by atoms with Gasteiger partial charge in [-0.15, -0.1) is 0 Å². The van der Waals surface area contributed by atoms with E-state index in [0.717, 1.165) is 43.7 Å². The van der Waals surface area contributed by atoms with Gasteiger partial charge in [0.25, 0.3) is 0 Å².